The molecule has 23 heavy (non-hydrogen) atoms. The fraction of sp³-hybridized carbons (Fsp3) is 0.500. The lowest BCUT2D eigenvalue weighted by atomic mass is 9.92. The summed E-state index contributed by atoms with van der Waals surface area (Å²) >= 11 is 3.30. The first-order valence-corrected chi connectivity index (χ1v) is 9.24. The predicted molar refractivity (Wildman–Crippen MR) is 101 cm³/mol. The summed E-state index contributed by atoms with van der Waals surface area (Å²) in [5.74, 6) is 0.198. The molecular formula is C16H22ClN3OS2. The molecule has 1 saturated heterocycles. The number of thiazole rings is 1. The highest BCUT2D eigenvalue weighted by Gasteiger charge is 2.25. The normalized spacial score (nSPS) is 20.8. The van der Waals surface area contributed by atoms with Crippen LogP contribution in [-0.4, -0.2) is 23.5 Å². The number of nitrogens with zero attached hydrogens (tertiary/aromatic N) is 1. The number of nitrogens with one attached hydrogen (secondary N) is 2. The van der Waals surface area contributed by atoms with Crippen LogP contribution in [0, 0.1) is 19.8 Å². The van der Waals surface area contributed by atoms with Crippen LogP contribution in [0.15, 0.2) is 12.1 Å². The summed E-state index contributed by atoms with van der Waals surface area (Å²) in [6.07, 6.45) is 1.80. The SMILES string of the molecule is Cc1ccc(-c2nc(NC(=O)[C@H]3CCN[C@@H](C)C3)sc2C)s1.Cl. The van der Waals surface area contributed by atoms with Crippen molar-refractivity contribution in [1.29, 1.82) is 0 Å². The van der Waals surface area contributed by atoms with E-state index in [2.05, 4.69) is 48.5 Å². The Morgan fingerprint density at radius 3 is 2.78 bits per heavy atom. The number of thiophene rings is 1. The highest BCUT2D eigenvalue weighted by atomic mass is 35.5. The molecule has 0 saturated carbocycles. The number of carbonyl (C=O) groups excluding carboxylic acids is 1. The van der Waals surface area contributed by atoms with E-state index in [1.54, 1.807) is 22.7 Å². The minimum absolute atomic E-state index is 0. The molecule has 1 amide bonds. The van der Waals surface area contributed by atoms with Gasteiger partial charge >= 0.3 is 0 Å². The number of hydrogen-bond donors (Lipinski definition) is 2. The average molecular weight is 372 g/mol. The van der Waals surface area contributed by atoms with Gasteiger partial charge in [-0.05, 0) is 52.3 Å². The van der Waals surface area contributed by atoms with Gasteiger partial charge in [0.15, 0.2) is 5.13 Å². The van der Waals surface area contributed by atoms with E-state index in [-0.39, 0.29) is 24.2 Å². The van der Waals surface area contributed by atoms with Crippen LogP contribution >= 0.6 is 35.1 Å². The zero-order valence-corrected chi connectivity index (χ0v) is 16.0. The minimum Gasteiger partial charge on any atom is -0.314 e. The Bertz CT molecular complexity index is 683. The van der Waals surface area contributed by atoms with Crippen LogP contribution in [0.3, 0.4) is 0 Å². The van der Waals surface area contributed by atoms with Crippen molar-refractivity contribution in [2.45, 2.75) is 39.7 Å². The maximum Gasteiger partial charge on any atom is 0.229 e. The molecule has 4 nitrogen and oxygen atoms in total. The number of piperidine rings is 1. The number of amides is 1. The van der Waals surface area contributed by atoms with Crippen LogP contribution in [0.4, 0.5) is 5.13 Å². The summed E-state index contributed by atoms with van der Waals surface area (Å²) in [5, 5.41) is 7.11. The summed E-state index contributed by atoms with van der Waals surface area (Å²) in [4.78, 5) is 20.6. The average Bonchev–Trinajstić information content (AvgIpc) is 3.05. The van der Waals surface area contributed by atoms with Crippen molar-refractivity contribution >= 4 is 46.1 Å². The summed E-state index contributed by atoms with van der Waals surface area (Å²) in [6.45, 7) is 7.20. The number of carbonyl (C=O) groups is 1. The molecule has 2 N–H and O–H groups in total. The van der Waals surface area contributed by atoms with E-state index in [1.807, 2.05) is 0 Å². The van der Waals surface area contributed by atoms with E-state index in [9.17, 15) is 4.79 Å². The van der Waals surface area contributed by atoms with E-state index in [1.165, 1.54) is 9.75 Å². The zero-order valence-electron chi connectivity index (χ0n) is 13.5. The summed E-state index contributed by atoms with van der Waals surface area (Å²) < 4.78 is 0. The zero-order chi connectivity index (χ0) is 15.7. The molecule has 1 fully saturated rings. The van der Waals surface area contributed by atoms with Crippen molar-refractivity contribution in [3.63, 3.8) is 0 Å². The molecule has 2 atom stereocenters. The van der Waals surface area contributed by atoms with Crippen LogP contribution in [0.1, 0.15) is 29.5 Å². The highest BCUT2D eigenvalue weighted by Crippen LogP contribution is 2.34. The molecular weight excluding hydrogens is 350 g/mol. The number of halogens is 1. The molecule has 3 heterocycles. The third-order valence-electron chi connectivity index (χ3n) is 3.99. The van der Waals surface area contributed by atoms with Crippen molar-refractivity contribution in [1.82, 2.24) is 10.3 Å². The number of rotatable bonds is 3. The first kappa shape index (κ1) is 18.4. The van der Waals surface area contributed by atoms with Gasteiger partial charge in [0.1, 0.15) is 0 Å². The van der Waals surface area contributed by atoms with Crippen molar-refractivity contribution in [2.75, 3.05) is 11.9 Å². The fourth-order valence-corrected chi connectivity index (χ4v) is 4.63. The van der Waals surface area contributed by atoms with Gasteiger partial charge in [-0.15, -0.1) is 35.1 Å². The topological polar surface area (TPSA) is 54.0 Å². The second kappa shape index (κ2) is 7.75. The van der Waals surface area contributed by atoms with Gasteiger partial charge in [-0.25, -0.2) is 4.98 Å². The lowest BCUT2D eigenvalue weighted by Crippen LogP contribution is -2.40. The quantitative estimate of drug-likeness (QED) is 0.848. The van der Waals surface area contributed by atoms with Crippen LogP contribution in [0.25, 0.3) is 10.6 Å². The van der Waals surface area contributed by atoms with Crippen molar-refractivity contribution in [3.05, 3.63) is 21.9 Å². The number of aromatic nitrogens is 1. The van der Waals surface area contributed by atoms with Gasteiger partial charge in [0, 0.05) is 21.7 Å². The predicted octanol–water partition coefficient (Wildman–Crippen LogP) is 4.24. The molecule has 0 spiro atoms. The Balaban J connectivity index is 0.00000192. The molecule has 2 aromatic rings. The molecule has 0 unspecified atom stereocenters. The first-order valence-electron chi connectivity index (χ1n) is 7.61. The second-order valence-electron chi connectivity index (χ2n) is 5.90. The molecule has 1 aliphatic rings. The third-order valence-corrected chi connectivity index (χ3v) is 5.89. The molecule has 2 aromatic heterocycles. The van der Waals surface area contributed by atoms with Crippen LogP contribution in [0.5, 0.6) is 0 Å². The molecule has 0 radical (unpaired) electrons. The summed E-state index contributed by atoms with van der Waals surface area (Å²) in [6, 6.07) is 4.61. The maximum absolute atomic E-state index is 12.4. The Hall–Kier alpha value is -0.950. The molecule has 0 aliphatic carbocycles. The van der Waals surface area contributed by atoms with Gasteiger partial charge in [-0.1, -0.05) is 0 Å². The van der Waals surface area contributed by atoms with Crippen LogP contribution < -0.4 is 10.6 Å². The summed E-state index contributed by atoms with van der Waals surface area (Å²) in [5.41, 5.74) is 0.997. The molecule has 1 aliphatic heterocycles. The molecule has 7 heteroatoms. The van der Waals surface area contributed by atoms with Crippen LogP contribution in [-0.2, 0) is 4.79 Å². The Kier molecular flexibility index (Phi) is 6.19. The van der Waals surface area contributed by atoms with Gasteiger partial charge in [0.05, 0.1) is 10.6 Å². The number of aryl methyl sites for hydroxylation is 2. The second-order valence-corrected chi connectivity index (χ2v) is 8.39. The Morgan fingerprint density at radius 2 is 2.13 bits per heavy atom. The maximum atomic E-state index is 12.4. The lowest BCUT2D eigenvalue weighted by molar-refractivity contribution is -0.120. The van der Waals surface area contributed by atoms with E-state index in [0.717, 1.165) is 35.1 Å². The summed E-state index contributed by atoms with van der Waals surface area (Å²) in [7, 11) is 0. The molecule has 0 bridgehead atoms. The minimum atomic E-state index is 0. The number of anilines is 1. The standard InChI is InChI=1S/C16H21N3OS2.ClH/c1-9-8-12(6-7-17-9)15(20)19-16-18-14(11(3)22-16)13-5-4-10(2)21-13;/h4-5,9,12,17H,6-8H2,1-3H3,(H,18,19,20);1H/t9-,12-;/m0./s1. The van der Waals surface area contributed by atoms with E-state index in [4.69, 9.17) is 0 Å². The van der Waals surface area contributed by atoms with Crippen LogP contribution in [0.2, 0.25) is 0 Å². The van der Waals surface area contributed by atoms with Gasteiger partial charge in [-0.2, -0.15) is 0 Å². The molecule has 126 valence electrons. The highest BCUT2D eigenvalue weighted by molar-refractivity contribution is 7.18. The van der Waals surface area contributed by atoms with E-state index >= 15 is 0 Å². The molecule has 3 rings (SSSR count). The van der Waals surface area contributed by atoms with Crippen molar-refractivity contribution in [3.8, 4) is 10.6 Å². The van der Waals surface area contributed by atoms with E-state index in [0.29, 0.717) is 6.04 Å². The first-order chi connectivity index (χ1) is 10.5. The van der Waals surface area contributed by atoms with Crippen molar-refractivity contribution < 1.29 is 4.79 Å². The third kappa shape index (κ3) is 4.32. The van der Waals surface area contributed by atoms with Crippen molar-refractivity contribution in [2.24, 2.45) is 5.92 Å². The largest absolute Gasteiger partial charge is 0.314 e. The van der Waals surface area contributed by atoms with Gasteiger partial charge in [0.25, 0.3) is 0 Å². The Morgan fingerprint density at radius 1 is 1.35 bits per heavy atom. The van der Waals surface area contributed by atoms with Gasteiger partial charge < -0.3 is 10.6 Å². The smallest absolute Gasteiger partial charge is 0.229 e. The van der Waals surface area contributed by atoms with E-state index < -0.39 is 0 Å². The van der Waals surface area contributed by atoms with Gasteiger partial charge in [-0.3, -0.25) is 4.79 Å². The molecule has 0 aromatic carbocycles. The fourth-order valence-electron chi connectivity index (χ4n) is 2.82. The number of hydrogen-bond acceptors (Lipinski definition) is 5. The lowest BCUT2D eigenvalue weighted by Gasteiger charge is -2.26. The van der Waals surface area contributed by atoms with Gasteiger partial charge in [0.2, 0.25) is 5.91 Å². The monoisotopic (exact) mass is 371 g/mol. The Labute approximate surface area is 151 Å².